The minimum atomic E-state index is -4.27. The number of hydrogen-bond acceptors (Lipinski definition) is 0. The highest BCUT2D eigenvalue weighted by molar-refractivity contribution is 5.63. The standard InChI is InChI=1S/C13H9F3.ClH/c14-13(15,16)12-8-6-11(7-9-12)10-4-2-1-3-5-10;/h1-9H;1H/p-1. The molecule has 0 heterocycles. The minimum Gasteiger partial charge on any atom is -1.00 e. The van der Waals surface area contributed by atoms with Crippen LogP contribution in [-0.4, -0.2) is 0 Å². The molecule has 0 aliphatic rings. The Bertz CT molecular complexity index is 460. The molecule has 2 rings (SSSR count). The van der Waals surface area contributed by atoms with Gasteiger partial charge in [0.1, 0.15) is 0 Å². The summed E-state index contributed by atoms with van der Waals surface area (Å²) in [6.45, 7) is 0. The first-order valence-electron chi connectivity index (χ1n) is 4.80. The first kappa shape index (κ1) is 13.6. The van der Waals surface area contributed by atoms with Gasteiger partial charge in [0.25, 0.3) is 0 Å². The Morgan fingerprint density at radius 2 is 1.12 bits per heavy atom. The molecule has 0 saturated heterocycles. The molecule has 0 unspecified atom stereocenters. The fourth-order valence-electron chi connectivity index (χ4n) is 1.48. The topological polar surface area (TPSA) is 0 Å². The van der Waals surface area contributed by atoms with Crippen molar-refractivity contribution in [1.82, 2.24) is 0 Å². The van der Waals surface area contributed by atoms with E-state index in [2.05, 4.69) is 0 Å². The summed E-state index contributed by atoms with van der Waals surface area (Å²) in [5.41, 5.74) is 1.08. The Hall–Kier alpha value is -1.48. The molecule has 0 radical (unpaired) electrons. The van der Waals surface area contributed by atoms with Gasteiger partial charge in [-0.25, -0.2) is 0 Å². The molecule has 0 fully saturated rings. The summed E-state index contributed by atoms with van der Waals surface area (Å²) in [6.07, 6.45) is -4.27. The van der Waals surface area contributed by atoms with Gasteiger partial charge in [0.05, 0.1) is 5.56 Å². The molecule has 0 nitrogen and oxygen atoms in total. The molecule has 0 aliphatic heterocycles. The van der Waals surface area contributed by atoms with Gasteiger partial charge in [-0.05, 0) is 23.3 Å². The lowest BCUT2D eigenvalue weighted by Gasteiger charge is -2.07. The summed E-state index contributed by atoms with van der Waals surface area (Å²) >= 11 is 0. The predicted molar refractivity (Wildman–Crippen MR) is 56.9 cm³/mol. The second-order valence-corrected chi connectivity index (χ2v) is 3.44. The molecule has 0 spiro atoms. The van der Waals surface area contributed by atoms with Gasteiger partial charge in [-0.15, -0.1) is 0 Å². The zero-order valence-corrected chi connectivity index (χ0v) is 9.46. The van der Waals surface area contributed by atoms with Crippen LogP contribution in [0.25, 0.3) is 11.1 Å². The molecule has 2 aromatic rings. The van der Waals surface area contributed by atoms with Crippen LogP contribution in [0.2, 0.25) is 0 Å². The lowest BCUT2D eigenvalue weighted by Crippen LogP contribution is -3.00. The van der Waals surface area contributed by atoms with Gasteiger partial charge in [0.15, 0.2) is 0 Å². The van der Waals surface area contributed by atoms with Crippen molar-refractivity contribution >= 4 is 0 Å². The Labute approximate surface area is 104 Å². The van der Waals surface area contributed by atoms with E-state index < -0.39 is 11.7 Å². The van der Waals surface area contributed by atoms with E-state index in [1.54, 1.807) is 0 Å². The molecule has 0 saturated carbocycles. The second kappa shape index (κ2) is 5.23. The quantitative estimate of drug-likeness (QED) is 0.724. The van der Waals surface area contributed by atoms with Gasteiger partial charge in [-0.3, -0.25) is 0 Å². The average Bonchev–Trinajstić information content (AvgIpc) is 2.29. The van der Waals surface area contributed by atoms with Gasteiger partial charge < -0.3 is 12.4 Å². The fraction of sp³-hybridized carbons (Fsp3) is 0.0769. The molecule has 2 aromatic carbocycles. The highest BCUT2D eigenvalue weighted by Gasteiger charge is 2.29. The van der Waals surface area contributed by atoms with Crippen LogP contribution in [-0.2, 0) is 6.18 Å². The summed E-state index contributed by atoms with van der Waals surface area (Å²) in [6, 6.07) is 14.5. The van der Waals surface area contributed by atoms with E-state index in [1.807, 2.05) is 30.3 Å². The molecule has 0 amide bonds. The molecule has 4 heteroatoms. The zero-order chi connectivity index (χ0) is 11.6. The van der Waals surface area contributed by atoms with Crippen LogP contribution in [0.5, 0.6) is 0 Å². The summed E-state index contributed by atoms with van der Waals surface area (Å²) in [4.78, 5) is 0. The zero-order valence-electron chi connectivity index (χ0n) is 8.71. The summed E-state index contributed by atoms with van der Waals surface area (Å²) in [5, 5.41) is 0. The second-order valence-electron chi connectivity index (χ2n) is 3.44. The molecule has 0 aromatic heterocycles. The van der Waals surface area contributed by atoms with E-state index in [4.69, 9.17) is 0 Å². The maximum Gasteiger partial charge on any atom is 0.416 e. The number of benzene rings is 2. The largest absolute Gasteiger partial charge is 1.00 e. The van der Waals surface area contributed by atoms with Crippen molar-refractivity contribution < 1.29 is 25.6 Å². The van der Waals surface area contributed by atoms with Crippen LogP contribution in [0.1, 0.15) is 5.56 Å². The Morgan fingerprint density at radius 1 is 0.647 bits per heavy atom. The van der Waals surface area contributed by atoms with Crippen LogP contribution < -0.4 is 12.4 Å². The van der Waals surface area contributed by atoms with Gasteiger partial charge in [-0.2, -0.15) is 13.2 Å². The van der Waals surface area contributed by atoms with Crippen molar-refractivity contribution in [3.05, 3.63) is 60.2 Å². The molecule has 0 bridgehead atoms. The van der Waals surface area contributed by atoms with Crippen molar-refractivity contribution in [2.24, 2.45) is 0 Å². The molecule has 90 valence electrons. The normalized spacial score (nSPS) is 10.8. The van der Waals surface area contributed by atoms with Crippen LogP contribution in [0.3, 0.4) is 0 Å². The van der Waals surface area contributed by atoms with E-state index in [0.29, 0.717) is 0 Å². The van der Waals surface area contributed by atoms with E-state index in [9.17, 15) is 13.2 Å². The van der Waals surface area contributed by atoms with E-state index >= 15 is 0 Å². The third-order valence-corrected chi connectivity index (χ3v) is 2.32. The molecule has 0 atom stereocenters. The monoisotopic (exact) mass is 257 g/mol. The summed E-state index contributed by atoms with van der Waals surface area (Å²) < 4.78 is 37.0. The highest BCUT2D eigenvalue weighted by Crippen LogP contribution is 2.30. The molecular weight excluding hydrogens is 249 g/mol. The minimum absolute atomic E-state index is 0. The van der Waals surface area contributed by atoms with Crippen LogP contribution in [0.4, 0.5) is 13.2 Å². The van der Waals surface area contributed by atoms with Crippen LogP contribution in [0.15, 0.2) is 54.6 Å². The van der Waals surface area contributed by atoms with Crippen LogP contribution in [0, 0.1) is 0 Å². The SMILES string of the molecule is FC(F)(F)c1ccc(-c2ccccc2)cc1.[Cl-]. The van der Waals surface area contributed by atoms with Crippen molar-refractivity contribution in [1.29, 1.82) is 0 Å². The molecular formula is C13H9ClF3-. The molecule has 0 aliphatic carbocycles. The number of rotatable bonds is 1. The highest BCUT2D eigenvalue weighted by atomic mass is 35.5. The maximum atomic E-state index is 12.3. The van der Waals surface area contributed by atoms with Crippen molar-refractivity contribution in [3.8, 4) is 11.1 Å². The maximum absolute atomic E-state index is 12.3. The lowest BCUT2D eigenvalue weighted by atomic mass is 10.0. The summed E-state index contributed by atoms with van der Waals surface area (Å²) in [7, 11) is 0. The van der Waals surface area contributed by atoms with Gasteiger partial charge in [0.2, 0.25) is 0 Å². The van der Waals surface area contributed by atoms with Crippen molar-refractivity contribution in [2.75, 3.05) is 0 Å². The van der Waals surface area contributed by atoms with Gasteiger partial charge in [0, 0.05) is 0 Å². The summed E-state index contributed by atoms with van der Waals surface area (Å²) in [5.74, 6) is 0. The number of hydrogen-bond donors (Lipinski definition) is 0. The first-order chi connectivity index (χ1) is 7.57. The van der Waals surface area contributed by atoms with E-state index in [1.165, 1.54) is 12.1 Å². The van der Waals surface area contributed by atoms with Crippen molar-refractivity contribution in [2.45, 2.75) is 6.18 Å². The van der Waals surface area contributed by atoms with Crippen molar-refractivity contribution in [3.63, 3.8) is 0 Å². The average molecular weight is 258 g/mol. The first-order valence-corrected chi connectivity index (χ1v) is 4.80. The third-order valence-electron chi connectivity index (χ3n) is 2.32. The van der Waals surface area contributed by atoms with Crippen LogP contribution >= 0.6 is 0 Å². The molecule has 0 N–H and O–H groups in total. The van der Waals surface area contributed by atoms with Gasteiger partial charge in [-0.1, -0.05) is 42.5 Å². The van der Waals surface area contributed by atoms with E-state index in [0.717, 1.165) is 23.3 Å². The Balaban J connectivity index is 0.00000144. The lowest BCUT2D eigenvalue weighted by molar-refractivity contribution is -0.137. The number of halogens is 4. The van der Waals surface area contributed by atoms with Gasteiger partial charge >= 0.3 is 6.18 Å². The molecule has 17 heavy (non-hydrogen) atoms. The smallest absolute Gasteiger partial charge is 0.416 e. The Morgan fingerprint density at radius 3 is 1.59 bits per heavy atom. The fourth-order valence-corrected chi connectivity index (χ4v) is 1.48. The Kier molecular flexibility index (Phi) is 4.18. The van der Waals surface area contributed by atoms with E-state index in [-0.39, 0.29) is 12.4 Å². The predicted octanol–water partition coefficient (Wildman–Crippen LogP) is 1.38. The third kappa shape index (κ3) is 3.24. The number of alkyl halides is 3.